The molecule has 150 valence electrons. The van der Waals surface area contributed by atoms with Gasteiger partial charge in [-0.3, -0.25) is 4.79 Å². The van der Waals surface area contributed by atoms with Crippen LogP contribution in [0.3, 0.4) is 0 Å². The molecule has 0 aliphatic carbocycles. The molecule has 0 amide bonds. The van der Waals surface area contributed by atoms with Gasteiger partial charge in [0, 0.05) is 0 Å². The molecular weight excluding hydrogens is 385 g/mol. The van der Waals surface area contributed by atoms with Crippen LogP contribution in [-0.2, 0) is 9.36 Å². The maximum absolute atomic E-state index is 14.0. The average molecular weight is 409 g/mol. The molecule has 6 heteroatoms. The summed E-state index contributed by atoms with van der Waals surface area (Å²) in [6.07, 6.45) is 0. The molecule has 0 spiro atoms. The highest BCUT2D eigenvalue weighted by Crippen LogP contribution is 2.56. The van der Waals surface area contributed by atoms with Crippen LogP contribution in [0.1, 0.15) is 24.1 Å². The van der Waals surface area contributed by atoms with Gasteiger partial charge in [0.2, 0.25) is 0 Å². The van der Waals surface area contributed by atoms with E-state index in [1.807, 2.05) is 43.3 Å². The summed E-state index contributed by atoms with van der Waals surface area (Å²) in [5.41, 5.74) is 7.00. The Hall–Kier alpha value is -2.88. The molecular formula is C23H24NO4P. The predicted octanol–water partition coefficient (Wildman–Crippen LogP) is 5.30. The molecule has 0 saturated carbocycles. The van der Waals surface area contributed by atoms with E-state index in [0.29, 0.717) is 17.1 Å². The number of aryl methyl sites for hydroxylation is 1. The van der Waals surface area contributed by atoms with Crippen LogP contribution in [0.2, 0.25) is 0 Å². The molecule has 29 heavy (non-hydrogen) atoms. The minimum atomic E-state index is -4.04. The third-order valence-corrected chi connectivity index (χ3v) is 6.81. The minimum Gasteiger partial charge on any atom is -0.416 e. The molecule has 0 saturated heterocycles. The summed E-state index contributed by atoms with van der Waals surface area (Å²) < 4.78 is 25.7. The number of rotatable bonds is 8. The first-order valence-corrected chi connectivity index (χ1v) is 10.9. The van der Waals surface area contributed by atoms with Gasteiger partial charge in [0.15, 0.2) is 5.66 Å². The van der Waals surface area contributed by atoms with Crippen LogP contribution in [0.15, 0.2) is 84.9 Å². The molecule has 0 heterocycles. The number of hydrogen-bond acceptors (Lipinski definition) is 5. The van der Waals surface area contributed by atoms with Crippen molar-refractivity contribution in [2.24, 2.45) is 5.73 Å². The fraction of sp³-hybridized carbons (Fsp3) is 0.174. The van der Waals surface area contributed by atoms with E-state index in [4.69, 9.17) is 14.8 Å². The summed E-state index contributed by atoms with van der Waals surface area (Å²) in [7, 11) is -4.04. The molecule has 0 aliphatic heterocycles. The van der Waals surface area contributed by atoms with Crippen molar-refractivity contribution in [3.05, 3.63) is 96.1 Å². The summed E-state index contributed by atoms with van der Waals surface area (Å²) in [5.74, 6) is 0.316. The fourth-order valence-electron chi connectivity index (χ4n) is 3.03. The lowest BCUT2D eigenvalue weighted by Gasteiger charge is -2.29. The smallest absolute Gasteiger partial charge is 0.416 e. The number of para-hydroxylation sites is 2. The van der Waals surface area contributed by atoms with Crippen LogP contribution in [-0.4, -0.2) is 11.4 Å². The number of nitrogens with two attached hydrogens (primary N) is 1. The first kappa shape index (κ1) is 20.8. The van der Waals surface area contributed by atoms with Crippen molar-refractivity contribution >= 4 is 13.4 Å². The first-order valence-electron chi connectivity index (χ1n) is 9.31. The Morgan fingerprint density at radius 1 is 0.828 bits per heavy atom. The van der Waals surface area contributed by atoms with Gasteiger partial charge in [0.25, 0.3) is 0 Å². The number of benzene rings is 3. The summed E-state index contributed by atoms with van der Waals surface area (Å²) in [6.45, 7) is 3.31. The second kappa shape index (κ2) is 9.08. The number of hydrogen-bond donors (Lipinski definition) is 1. The van der Waals surface area contributed by atoms with Gasteiger partial charge in [-0.2, -0.15) is 0 Å². The van der Waals surface area contributed by atoms with Crippen molar-refractivity contribution in [3.63, 3.8) is 0 Å². The Bertz CT molecular complexity index is 945. The summed E-state index contributed by atoms with van der Waals surface area (Å²) in [4.78, 5) is 12.6. The molecule has 0 bridgehead atoms. The van der Waals surface area contributed by atoms with Crippen molar-refractivity contribution < 1.29 is 18.4 Å². The van der Waals surface area contributed by atoms with E-state index in [-0.39, 0.29) is 5.78 Å². The zero-order valence-corrected chi connectivity index (χ0v) is 17.3. The van der Waals surface area contributed by atoms with E-state index in [9.17, 15) is 9.36 Å². The second-order valence-electron chi connectivity index (χ2n) is 6.84. The highest BCUT2D eigenvalue weighted by molar-refractivity contribution is 7.56. The standard InChI is InChI=1S/C23H24NO4P/c1-17-13-15-19(16-14-17)22(24)23(18(2)25)29(26,27-20-9-5-3-6-10-20)28-21-11-7-4-8-12-21/h3-16,22-23H,24H2,1-2H3. The van der Waals surface area contributed by atoms with Crippen LogP contribution in [0.4, 0.5) is 0 Å². The molecule has 2 unspecified atom stereocenters. The Kier molecular flexibility index (Phi) is 6.53. The largest absolute Gasteiger partial charge is 0.443 e. The Morgan fingerprint density at radius 2 is 1.28 bits per heavy atom. The first-order chi connectivity index (χ1) is 13.9. The summed E-state index contributed by atoms with van der Waals surface area (Å²) in [6, 6.07) is 23.9. The molecule has 2 N–H and O–H groups in total. The van der Waals surface area contributed by atoms with E-state index in [1.165, 1.54) is 6.92 Å². The Balaban J connectivity index is 2.03. The van der Waals surface area contributed by atoms with Gasteiger partial charge in [-0.1, -0.05) is 66.2 Å². The third kappa shape index (κ3) is 5.14. The molecule has 5 nitrogen and oxygen atoms in total. The Morgan fingerprint density at radius 3 is 1.69 bits per heavy atom. The summed E-state index contributed by atoms with van der Waals surface area (Å²) in [5, 5.41) is 0. The average Bonchev–Trinajstić information content (AvgIpc) is 2.69. The van der Waals surface area contributed by atoms with Gasteiger partial charge in [-0.15, -0.1) is 0 Å². The number of carbonyl (C=O) groups excluding carboxylic acids is 1. The van der Waals surface area contributed by atoms with Gasteiger partial charge in [-0.25, -0.2) is 4.57 Å². The zero-order valence-electron chi connectivity index (χ0n) is 16.4. The van der Waals surface area contributed by atoms with E-state index in [0.717, 1.165) is 5.56 Å². The van der Waals surface area contributed by atoms with Crippen LogP contribution in [0.25, 0.3) is 0 Å². The topological polar surface area (TPSA) is 78.6 Å². The lowest BCUT2D eigenvalue weighted by Crippen LogP contribution is -2.35. The van der Waals surface area contributed by atoms with E-state index in [1.54, 1.807) is 48.5 Å². The van der Waals surface area contributed by atoms with Crippen molar-refractivity contribution in [1.82, 2.24) is 0 Å². The van der Waals surface area contributed by atoms with Crippen LogP contribution in [0, 0.1) is 6.92 Å². The van der Waals surface area contributed by atoms with Crippen molar-refractivity contribution in [2.45, 2.75) is 25.5 Å². The molecule has 3 rings (SSSR count). The van der Waals surface area contributed by atoms with E-state index < -0.39 is 19.3 Å². The number of Topliss-reactive ketones (excluding diaryl/α,β-unsaturated/α-hetero) is 1. The maximum Gasteiger partial charge on any atom is 0.443 e. The molecule has 3 aromatic carbocycles. The van der Waals surface area contributed by atoms with Gasteiger partial charge in [0.1, 0.15) is 17.3 Å². The number of carbonyl (C=O) groups is 1. The van der Waals surface area contributed by atoms with Crippen LogP contribution in [0.5, 0.6) is 11.5 Å². The SMILES string of the molecule is CC(=O)C(C(N)c1ccc(C)cc1)P(=O)(Oc1ccccc1)Oc1ccccc1. The minimum absolute atomic E-state index is 0.342. The van der Waals surface area contributed by atoms with Crippen LogP contribution >= 0.6 is 7.60 Å². The quantitative estimate of drug-likeness (QED) is 0.511. The Labute approximate surface area is 171 Å². The van der Waals surface area contributed by atoms with E-state index in [2.05, 4.69) is 0 Å². The molecule has 2 atom stereocenters. The van der Waals surface area contributed by atoms with Gasteiger partial charge in [-0.05, 0) is 43.7 Å². The lowest BCUT2D eigenvalue weighted by atomic mass is 10.0. The summed E-state index contributed by atoms with van der Waals surface area (Å²) >= 11 is 0. The molecule has 0 fully saturated rings. The van der Waals surface area contributed by atoms with Gasteiger partial charge in [0.05, 0.1) is 6.04 Å². The molecule has 3 aromatic rings. The highest BCUT2D eigenvalue weighted by Gasteiger charge is 2.47. The normalized spacial score (nSPS) is 13.3. The van der Waals surface area contributed by atoms with Gasteiger partial charge < -0.3 is 14.8 Å². The molecule has 0 aromatic heterocycles. The predicted molar refractivity (Wildman–Crippen MR) is 114 cm³/mol. The van der Waals surface area contributed by atoms with E-state index >= 15 is 0 Å². The molecule has 0 aliphatic rings. The van der Waals surface area contributed by atoms with Crippen molar-refractivity contribution in [1.29, 1.82) is 0 Å². The fourth-order valence-corrected chi connectivity index (χ4v) is 5.14. The van der Waals surface area contributed by atoms with Crippen molar-refractivity contribution in [2.75, 3.05) is 0 Å². The second-order valence-corrected chi connectivity index (χ2v) is 8.84. The monoisotopic (exact) mass is 409 g/mol. The highest BCUT2D eigenvalue weighted by atomic mass is 31.2. The zero-order chi connectivity index (χ0) is 20.9. The van der Waals surface area contributed by atoms with Gasteiger partial charge >= 0.3 is 7.60 Å². The van der Waals surface area contributed by atoms with Crippen LogP contribution < -0.4 is 14.8 Å². The van der Waals surface area contributed by atoms with Crippen molar-refractivity contribution in [3.8, 4) is 11.5 Å². The number of ketones is 1. The third-order valence-electron chi connectivity index (χ3n) is 4.51. The lowest BCUT2D eigenvalue weighted by molar-refractivity contribution is -0.117. The maximum atomic E-state index is 14.0. The molecule has 0 radical (unpaired) electrons.